The molecule has 82 valence electrons. The zero-order chi connectivity index (χ0) is 10.8. The van der Waals surface area contributed by atoms with Crippen molar-refractivity contribution in [1.82, 2.24) is 10.2 Å². The number of likely N-dealkylation sites (tertiary alicyclic amines) is 1. The molecule has 0 atom stereocenters. The minimum absolute atomic E-state index is 0.0858. The Morgan fingerprint density at radius 1 is 1.36 bits per heavy atom. The second-order valence-corrected chi connectivity index (χ2v) is 4.89. The van der Waals surface area contributed by atoms with Crippen molar-refractivity contribution < 1.29 is 9.18 Å². The Morgan fingerprint density at radius 2 is 1.86 bits per heavy atom. The molecule has 1 amide bonds. The summed E-state index contributed by atoms with van der Waals surface area (Å²) in [4.78, 5) is 12.4. The lowest BCUT2D eigenvalue weighted by molar-refractivity contribution is -0.115. The first kappa shape index (κ1) is 11.4. The molecule has 1 aliphatic rings. The summed E-state index contributed by atoms with van der Waals surface area (Å²) in [5.41, 5.74) is 0.0858. The fourth-order valence-electron chi connectivity index (χ4n) is 1.78. The van der Waals surface area contributed by atoms with Crippen molar-refractivity contribution >= 4 is 6.41 Å². The van der Waals surface area contributed by atoms with Crippen molar-refractivity contribution in [3.05, 3.63) is 0 Å². The van der Waals surface area contributed by atoms with Gasteiger partial charge in [0.2, 0.25) is 6.41 Å². The maximum atomic E-state index is 13.8. The van der Waals surface area contributed by atoms with Crippen molar-refractivity contribution in [2.24, 2.45) is 0 Å². The molecule has 0 aromatic heterocycles. The van der Waals surface area contributed by atoms with E-state index in [1.807, 2.05) is 0 Å². The SMILES string of the molecule is CC(C)(C)N1CCC(F)(NC=O)CC1. The van der Waals surface area contributed by atoms with Gasteiger partial charge in [0, 0.05) is 31.5 Å². The molecule has 3 nitrogen and oxygen atoms in total. The van der Waals surface area contributed by atoms with Crippen molar-refractivity contribution in [3.63, 3.8) is 0 Å². The normalized spacial score (nSPS) is 23.1. The van der Waals surface area contributed by atoms with Gasteiger partial charge in [-0.1, -0.05) is 0 Å². The van der Waals surface area contributed by atoms with E-state index in [9.17, 15) is 9.18 Å². The number of halogens is 1. The largest absolute Gasteiger partial charge is 0.327 e. The van der Waals surface area contributed by atoms with Crippen LogP contribution in [0.1, 0.15) is 33.6 Å². The highest BCUT2D eigenvalue weighted by atomic mass is 19.1. The number of carbonyl (C=O) groups is 1. The molecular weight excluding hydrogens is 183 g/mol. The summed E-state index contributed by atoms with van der Waals surface area (Å²) < 4.78 is 13.8. The summed E-state index contributed by atoms with van der Waals surface area (Å²) in [6.45, 7) is 7.74. The minimum atomic E-state index is -1.48. The Balaban J connectivity index is 2.49. The van der Waals surface area contributed by atoms with E-state index in [0.717, 1.165) is 0 Å². The summed E-state index contributed by atoms with van der Waals surface area (Å²) in [6.07, 6.45) is 1.21. The van der Waals surface area contributed by atoms with Crippen molar-refractivity contribution in [2.45, 2.75) is 44.9 Å². The molecule has 0 aromatic carbocycles. The molecule has 0 bridgehead atoms. The zero-order valence-corrected chi connectivity index (χ0v) is 9.14. The van der Waals surface area contributed by atoms with Crippen LogP contribution in [0.5, 0.6) is 0 Å². The molecule has 1 rings (SSSR count). The number of nitrogens with zero attached hydrogens (tertiary/aromatic N) is 1. The van der Waals surface area contributed by atoms with Gasteiger partial charge in [-0.05, 0) is 20.8 Å². The molecule has 0 radical (unpaired) electrons. The predicted molar refractivity (Wildman–Crippen MR) is 53.6 cm³/mol. The van der Waals surface area contributed by atoms with E-state index >= 15 is 0 Å². The van der Waals surface area contributed by atoms with Crippen LogP contribution >= 0.6 is 0 Å². The van der Waals surface area contributed by atoms with Gasteiger partial charge in [0.1, 0.15) is 0 Å². The molecule has 1 saturated heterocycles. The lowest BCUT2D eigenvalue weighted by Crippen LogP contribution is -2.54. The van der Waals surface area contributed by atoms with Crippen LogP contribution in [0.3, 0.4) is 0 Å². The van der Waals surface area contributed by atoms with E-state index in [-0.39, 0.29) is 5.54 Å². The molecule has 1 fully saturated rings. The lowest BCUT2D eigenvalue weighted by atomic mass is 9.96. The standard InChI is InChI=1S/C10H19FN2O/c1-9(2,3)13-6-4-10(11,5-7-13)12-8-14/h8H,4-7H2,1-3H3,(H,12,14). The van der Waals surface area contributed by atoms with Crippen LogP contribution in [-0.2, 0) is 4.79 Å². The summed E-state index contributed by atoms with van der Waals surface area (Å²) in [5.74, 6) is -1.48. The lowest BCUT2D eigenvalue weighted by Gasteiger charge is -2.42. The molecule has 0 unspecified atom stereocenters. The first-order valence-corrected chi connectivity index (χ1v) is 5.03. The molecule has 14 heavy (non-hydrogen) atoms. The third-order valence-electron chi connectivity index (χ3n) is 2.82. The number of hydrogen-bond acceptors (Lipinski definition) is 2. The predicted octanol–water partition coefficient (Wildman–Crippen LogP) is 1.29. The van der Waals surface area contributed by atoms with Gasteiger partial charge in [0.25, 0.3) is 0 Å². The number of amides is 1. The highest BCUT2D eigenvalue weighted by Gasteiger charge is 2.36. The molecule has 4 heteroatoms. The Kier molecular flexibility index (Phi) is 3.14. The van der Waals surface area contributed by atoms with Crippen LogP contribution in [0.2, 0.25) is 0 Å². The molecule has 0 saturated carbocycles. The van der Waals surface area contributed by atoms with Crippen LogP contribution in [0.4, 0.5) is 4.39 Å². The van der Waals surface area contributed by atoms with Gasteiger partial charge in [-0.3, -0.25) is 9.69 Å². The molecule has 0 aliphatic carbocycles. The van der Waals surface area contributed by atoms with E-state index in [2.05, 4.69) is 31.0 Å². The number of piperidine rings is 1. The van der Waals surface area contributed by atoms with Crippen LogP contribution in [0.25, 0.3) is 0 Å². The highest BCUT2D eigenvalue weighted by molar-refractivity contribution is 5.47. The van der Waals surface area contributed by atoms with Gasteiger partial charge < -0.3 is 5.32 Å². The van der Waals surface area contributed by atoms with Gasteiger partial charge in [0.15, 0.2) is 5.79 Å². The Hall–Kier alpha value is -0.640. The number of hydrogen-bond donors (Lipinski definition) is 1. The smallest absolute Gasteiger partial charge is 0.209 e. The van der Waals surface area contributed by atoms with E-state index < -0.39 is 5.79 Å². The maximum absolute atomic E-state index is 13.8. The summed E-state index contributed by atoms with van der Waals surface area (Å²) >= 11 is 0. The Morgan fingerprint density at radius 3 is 2.21 bits per heavy atom. The topological polar surface area (TPSA) is 32.3 Å². The zero-order valence-electron chi connectivity index (χ0n) is 9.14. The summed E-state index contributed by atoms with van der Waals surface area (Å²) in [5, 5.41) is 2.26. The summed E-state index contributed by atoms with van der Waals surface area (Å²) in [6, 6.07) is 0. The molecule has 1 N–H and O–H groups in total. The average molecular weight is 202 g/mol. The number of alkyl halides is 1. The fraction of sp³-hybridized carbons (Fsp3) is 0.900. The fourth-order valence-corrected chi connectivity index (χ4v) is 1.78. The maximum Gasteiger partial charge on any atom is 0.209 e. The minimum Gasteiger partial charge on any atom is -0.327 e. The molecular formula is C10H19FN2O. The molecule has 0 aromatic rings. The van der Waals surface area contributed by atoms with Gasteiger partial charge >= 0.3 is 0 Å². The molecule has 1 heterocycles. The molecule has 0 spiro atoms. The first-order chi connectivity index (χ1) is 6.37. The van der Waals surface area contributed by atoms with E-state index in [0.29, 0.717) is 32.3 Å². The van der Waals surface area contributed by atoms with E-state index in [1.54, 1.807) is 0 Å². The van der Waals surface area contributed by atoms with Crippen molar-refractivity contribution in [1.29, 1.82) is 0 Å². The second-order valence-electron chi connectivity index (χ2n) is 4.89. The quantitative estimate of drug-likeness (QED) is 0.540. The monoisotopic (exact) mass is 202 g/mol. The van der Waals surface area contributed by atoms with Crippen LogP contribution in [0, 0.1) is 0 Å². The highest BCUT2D eigenvalue weighted by Crippen LogP contribution is 2.27. The van der Waals surface area contributed by atoms with Gasteiger partial charge in [-0.15, -0.1) is 0 Å². The second kappa shape index (κ2) is 3.85. The van der Waals surface area contributed by atoms with Gasteiger partial charge in [-0.2, -0.15) is 0 Å². The molecule has 1 aliphatic heterocycles. The number of rotatable bonds is 2. The third-order valence-corrected chi connectivity index (χ3v) is 2.82. The van der Waals surface area contributed by atoms with E-state index in [4.69, 9.17) is 0 Å². The van der Waals surface area contributed by atoms with Crippen LogP contribution in [-0.4, -0.2) is 35.7 Å². The number of nitrogens with one attached hydrogen (secondary N) is 1. The Labute approximate surface area is 84.7 Å². The Bertz CT molecular complexity index is 205. The van der Waals surface area contributed by atoms with Crippen LogP contribution in [0.15, 0.2) is 0 Å². The third kappa shape index (κ3) is 2.67. The number of carbonyl (C=O) groups excluding carboxylic acids is 1. The van der Waals surface area contributed by atoms with Crippen LogP contribution < -0.4 is 5.32 Å². The van der Waals surface area contributed by atoms with Crippen molar-refractivity contribution in [3.8, 4) is 0 Å². The van der Waals surface area contributed by atoms with Crippen molar-refractivity contribution in [2.75, 3.05) is 13.1 Å². The first-order valence-electron chi connectivity index (χ1n) is 5.03. The van der Waals surface area contributed by atoms with Gasteiger partial charge in [-0.25, -0.2) is 4.39 Å². The van der Waals surface area contributed by atoms with E-state index in [1.165, 1.54) is 0 Å². The average Bonchev–Trinajstić information content (AvgIpc) is 2.03. The van der Waals surface area contributed by atoms with Gasteiger partial charge in [0.05, 0.1) is 0 Å². The summed E-state index contributed by atoms with van der Waals surface area (Å²) in [7, 11) is 0.